The van der Waals surface area contributed by atoms with Crippen molar-refractivity contribution in [2.75, 3.05) is 26.2 Å². The van der Waals surface area contributed by atoms with Gasteiger partial charge in [-0.15, -0.1) is 0 Å². The van der Waals surface area contributed by atoms with Crippen LogP contribution in [0, 0.1) is 0 Å². The van der Waals surface area contributed by atoms with Crippen LogP contribution in [0.5, 0.6) is 0 Å². The van der Waals surface area contributed by atoms with Crippen molar-refractivity contribution in [3.05, 3.63) is 34.9 Å². The summed E-state index contributed by atoms with van der Waals surface area (Å²) >= 11 is 6.16. The van der Waals surface area contributed by atoms with Gasteiger partial charge in [-0.05, 0) is 37.8 Å². The van der Waals surface area contributed by atoms with Gasteiger partial charge < -0.3 is 15.4 Å². The van der Waals surface area contributed by atoms with Crippen LogP contribution in [0.2, 0.25) is 5.02 Å². The lowest BCUT2D eigenvalue weighted by Crippen LogP contribution is -2.39. The van der Waals surface area contributed by atoms with Gasteiger partial charge in [0.05, 0.1) is 12.6 Å². The molecule has 0 bridgehead atoms. The molecule has 1 aromatic rings. The van der Waals surface area contributed by atoms with Gasteiger partial charge in [-0.3, -0.25) is 4.99 Å². The van der Waals surface area contributed by atoms with E-state index in [0.717, 1.165) is 62.0 Å². The van der Waals surface area contributed by atoms with Crippen molar-refractivity contribution in [2.24, 2.45) is 4.99 Å². The van der Waals surface area contributed by atoms with Gasteiger partial charge in [0.1, 0.15) is 0 Å². The van der Waals surface area contributed by atoms with Crippen LogP contribution in [0.25, 0.3) is 0 Å². The normalized spacial score (nSPS) is 18.8. The second kappa shape index (κ2) is 8.90. The van der Waals surface area contributed by atoms with Crippen LogP contribution >= 0.6 is 11.6 Å². The molecule has 1 heterocycles. The molecule has 1 fully saturated rings. The van der Waals surface area contributed by atoms with Gasteiger partial charge in [-0.1, -0.05) is 29.8 Å². The number of rotatable bonds is 6. The van der Waals surface area contributed by atoms with E-state index in [0.29, 0.717) is 0 Å². The molecule has 4 nitrogen and oxygen atoms in total. The molecule has 0 spiro atoms. The van der Waals surface area contributed by atoms with Crippen LogP contribution in [0.1, 0.15) is 25.3 Å². The molecule has 0 amide bonds. The Labute approximate surface area is 131 Å². The third kappa shape index (κ3) is 5.56. The summed E-state index contributed by atoms with van der Waals surface area (Å²) in [6, 6.07) is 7.94. The maximum atomic E-state index is 6.16. The summed E-state index contributed by atoms with van der Waals surface area (Å²) in [5.41, 5.74) is 1.15. The summed E-state index contributed by atoms with van der Waals surface area (Å²) in [5, 5.41) is 7.42. The molecule has 1 saturated heterocycles. The summed E-state index contributed by atoms with van der Waals surface area (Å²) < 4.78 is 5.59. The van der Waals surface area contributed by atoms with E-state index in [1.54, 1.807) is 0 Å². The van der Waals surface area contributed by atoms with Crippen molar-refractivity contribution in [1.29, 1.82) is 0 Å². The van der Waals surface area contributed by atoms with Gasteiger partial charge in [0.2, 0.25) is 0 Å². The van der Waals surface area contributed by atoms with Gasteiger partial charge in [0.25, 0.3) is 0 Å². The Morgan fingerprint density at radius 2 is 2.24 bits per heavy atom. The topological polar surface area (TPSA) is 45.7 Å². The molecule has 21 heavy (non-hydrogen) atoms. The predicted octanol–water partition coefficient (Wildman–Crippen LogP) is 2.62. The van der Waals surface area contributed by atoms with Crippen LogP contribution in [-0.4, -0.2) is 38.3 Å². The minimum absolute atomic E-state index is 0.282. The third-order valence-corrected chi connectivity index (χ3v) is 3.83. The average Bonchev–Trinajstić information content (AvgIpc) is 3.00. The van der Waals surface area contributed by atoms with Crippen LogP contribution in [0.3, 0.4) is 0 Å². The number of nitrogens with zero attached hydrogens (tertiary/aromatic N) is 1. The van der Waals surface area contributed by atoms with Crippen LogP contribution < -0.4 is 10.6 Å². The molecule has 0 saturated carbocycles. The second-order valence-corrected chi connectivity index (χ2v) is 5.53. The average molecular weight is 310 g/mol. The number of benzene rings is 1. The number of nitrogens with one attached hydrogen (secondary N) is 2. The molecular weight excluding hydrogens is 286 g/mol. The van der Waals surface area contributed by atoms with Gasteiger partial charge in [0, 0.05) is 24.7 Å². The first-order valence-electron chi connectivity index (χ1n) is 7.66. The van der Waals surface area contributed by atoms with E-state index in [4.69, 9.17) is 16.3 Å². The van der Waals surface area contributed by atoms with Gasteiger partial charge in [-0.25, -0.2) is 0 Å². The minimum atomic E-state index is 0.282. The first kappa shape index (κ1) is 16.1. The van der Waals surface area contributed by atoms with E-state index in [-0.39, 0.29) is 6.10 Å². The number of hydrogen-bond acceptors (Lipinski definition) is 2. The summed E-state index contributed by atoms with van der Waals surface area (Å²) in [4.78, 5) is 4.59. The number of halogens is 1. The Morgan fingerprint density at radius 1 is 1.38 bits per heavy atom. The van der Waals surface area contributed by atoms with Crippen molar-refractivity contribution in [3.63, 3.8) is 0 Å². The largest absolute Gasteiger partial charge is 0.376 e. The van der Waals surface area contributed by atoms with Crippen molar-refractivity contribution >= 4 is 17.6 Å². The Kier molecular flexibility index (Phi) is 6.83. The standard InChI is InChI=1S/C16H24ClN3O/c1-2-18-16(20-12-14-7-5-11-21-14)19-10-9-13-6-3-4-8-15(13)17/h3-4,6,8,14H,2,5,7,9-12H2,1H3,(H2,18,19,20). The molecule has 1 aliphatic heterocycles. The number of hydrogen-bond donors (Lipinski definition) is 2. The third-order valence-electron chi connectivity index (χ3n) is 3.47. The zero-order valence-corrected chi connectivity index (χ0v) is 13.3. The zero-order chi connectivity index (χ0) is 14.9. The Balaban J connectivity index is 1.79. The lowest BCUT2D eigenvalue weighted by molar-refractivity contribution is 0.117. The van der Waals surface area contributed by atoms with Crippen LogP contribution in [0.15, 0.2) is 29.3 Å². The fourth-order valence-corrected chi connectivity index (χ4v) is 2.57. The van der Waals surface area contributed by atoms with Crippen molar-refractivity contribution in [2.45, 2.75) is 32.3 Å². The Hall–Kier alpha value is -1.26. The molecule has 5 heteroatoms. The van der Waals surface area contributed by atoms with E-state index < -0.39 is 0 Å². The molecule has 1 aliphatic rings. The van der Waals surface area contributed by atoms with Crippen LogP contribution in [-0.2, 0) is 11.2 Å². The summed E-state index contributed by atoms with van der Waals surface area (Å²) in [5.74, 6) is 0.847. The molecule has 0 aromatic heterocycles. The number of aliphatic imine (C=N–C) groups is 1. The van der Waals surface area contributed by atoms with Gasteiger partial charge in [-0.2, -0.15) is 0 Å². The molecule has 1 aromatic carbocycles. The minimum Gasteiger partial charge on any atom is -0.376 e. The van der Waals surface area contributed by atoms with E-state index in [9.17, 15) is 0 Å². The van der Waals surface area contributed by atoms with Crippen LogP contribution in [0.4, 0.5) is 0 Å². The highest BCUT2D eigenvalue weighted by molar-refractivity contribution is 6.31. The first-order chi connectivity index (χ1) is 10.3. The van der Waals surface area contributed by atoms with Gasteiger partial charge >= 0.3 is 0 Å². The lowest BCUT2D eigenvalue weighted by atomic mass is 10.1. The molecule has 2 rings (SSSR count). The molecule has 1 unspecified atom stereocenters. The molecule has 0 radical (unpaired) electrons. The second-order valence-electron chi connectivity index (χ2n) is 5.12. The Bertz CT molecular complexity index is 459. The highest BCUT2D eigenvalue weighted by Crippen LogP contribution is 2.15. The van der Waals surface area contributed by atoms with E-state index >= 15 is 0 Å². The molecular formula is C16H24ClN3O. The van der Waals surface area contributed by atoms with E-state index in [2.05, 4.69) is 28.6 Å². The van der Waals surface area contributed by atoms with Gasteiger partial charge in [0.15, 0.2) is 5.96 Å². The van der Waals surface area contributed by atoms with Crippen molar-refractivity contribution in [3.8, 4) is 0 Å². The fraction of sp³-hybridized carbons (Fsp3) is 0.562. The SMILES string of the molecule is CCNC(=NCC1CCCO1)NCCc1ccccc1Cl. The quantitative estimate of drug-likeness (QED) is 0.627. The Morgan fingerprint density at radius 3 is 2.95 bits per heavy atom. The highest BCUT2D eigenvalue weighted by atomic mass is 35.5. The van der Waals surface area contributed by atoms with Crippen molar-refractivity contribution in [1.82, 2.24) is 10.6 Å². The van der Waals surface area contributed by atoms with E-state index in [1.807, 2.05) is 18.2 Å². The maximum absolute atomic E-state index is 6.16. The summed E-state index contributed by atoms with van der Waals surface area (Å²) in [6.07, 6.45) is 3.42. The monoisotopic (exact) mass is 309 g/mol. The smallest absolute Gasteiger partial charge is 0.191 e. The molecule has 1 atom stereocenters. The predicted molar refractivity (Wildman–Crippen MR) is 88.1 cm³/mol. The molecule has 0 aliphatic carbocycles. The molecule has 116 valence electrons. The first-order valence-corrected chi connectivity index (χ1v) is 8.04. The van der Waals surface area contributed by atoms with Crippen molar-refractivity contribution < 1.29 is 4.74 Å². The lowest BCUT2D eigenvalue weighted by Gasteiger charge is -2.13. The summed E-state index contributed by atoms with van der Waals surface area (Å²) in [6.45, 7) is 5.32. The van der Waals surface area contributed by atoms with E-state index in [1.165, 1.54) is 0 Å². The highest BCUT2D eigenvalue weighted by Gasteiger charge is 2.14. The number of guanidine groups is 1. The summed E-state index contributed by atoms with van der Waals surface area (Å²) in [7, 11) is 0. The maximum Gasteiger partial charge on any atom is 0.191 e. The zero-order valence-electron chi connectivity index (χ0n) is 12.6. The molecule has 2 N–H and O–H groups in total. The fourth-order valence-electron chi connectivity index (χ4n) is 2.34. The number of ether oxygens (including phenoxy) is 1.